The van der Waals surface area contributed by atoms with E-state index >= 15 is 0 Å². The van der Waals surface area contributed by atoms with Gasteiger partial charge in [-0.25, -0.2) is 0 Å². The van der Waals surface area contributed by atoms with Crippen LogP contribution >= 0.6 is 11.6 Å². The molecule has 0 aliphatic rings. The molecule has 11 heteroatoms. The Morgan fingerprint density at radius 3 is 2.43 bits per heavy atom. The summed E-state index contributed by atoms with van der Waals surface area (Å²) in [6, 6.07) is 18.0. The molecule has 0 radical (unpaired) electrons. The van der Waals surface area contributed by atoms with E-state index in [2.05, 4.69) is 15.5 Å². The number of rotatable bonds is 7. The van der Waals surface area contributed by atoms with E-state index in [0.29, 0.717) is 34.4 Å². The van der Waals surface area contributed by atoms with Gasteiger partial charge in [0, 0.05) is 11.1 Å². The van der Waals surface area contributed by atoms with E-state index in [1.807, 2.05) is 6.92 Å². The molecule has 190 valence electrons. The predicted octanol–water partition coefficient (Wildman–Crippen LogP) is 6.82. The van der Waals surface area contributed by atoms with Crippen LogP contribution in [0.3, 0.4) is 0 Å². The van der Waals surface area contributed by atoms with Gasteiger partial charge in [-0.2, -0.15) is 8.42 Å². The lowest BCUT2D eigenvalue weighted by molar-refractivity contribution is 0.102. The van der Waals surface area contributed by atoms with Gasteiger partial charge in [-0.05, 0) is 61.2 Å². The number of hydrogen-bond acceptors (Lipinski definition) is 7. The summed E-state index contributed by atoms with van der Waals surface area (Å²) < 4.78 is 39.0. The number of phenolic OH excluding ortho intramolecular Hbond substituents is 1. The van der Waals surface area contributed by atoms with Gasteiger partial charge in [-0.1, -0.05) is 41.9 Å². The maximum atomic E-state index is 13.1. The fourth-order valence-corrected chi connectivity index (χ4v) is 4.88. The van der Waals surface area contributed by atoms with Crippen molar-refractivity contribution in [3.63, 3.8) is 0 Å². The number of carbonyl (C=O) groups is 1. The SMILES string of the molecule is CCOc1ccc(NC(=O)c2cc3ccccc3c(N=Nc3ccc(C)c(Cl)c3S(=O)(=O)O)c2O)cc1. The summed E-state index contributed by atoms with van der Waals surface area (Å²) >= 11 is 6.11. The molecule has 0 aromatic heterocycles. The quantitative estimate of drug-likeness (QED) is 0.174. The van der Waals surface area contributed by atoms with Crippen LogP contribution in [0.15, 0.2) is 81.9 Å². The highest BCUT2D eigenvalue weighted by Gasteiger charge is 2.23. The number of phenols is 1. The van der Waals surface area contributed by atoms with Crippen molar-refractivity contribution in [2.24, 2.45) is 10.2 Å². The van der Waals surface area contributed by atoms with Crippen molar-refractivity contribution in [3.8, 4) is 11.5 Å². The Morgan fingerprint density at radius 1 is 1.05 bits per heavy atom. The van der Waals surface area contributed by atoms with Crippen LogP contribution < -0.4 is 10.1 Å². The molecule has 3 N–H and O–H groups in total. The first-order valence-corrected chi connectivity index (χ1v) is 12.9. The van der Waals surface area contributed by atoms with Crippen molar-refractivity contribution < 1.29 is 27.6 Å². The molecule has 1 amide bonds. The lowest BCUT2D eigenvalue weighted by Gasteiger charge is -2.12. The summed E-state index contributed by atoms with van der Waals surface area (Å²) in [6.45, 7) is 3.95. The van der Waals surface area contributed by atoms with Crippen LogP contribution in [0.25, 0.3) is 10.8 Å². The third-order valence-electron chi connectivity index (χ3n) is 5.45. The third-order valence-corrected chi connectivity index (χ3v) is 6.98. The highest BCUT2D eigenvalue weighted by atomic mass is 35.5. The Balaban J connectivity index is 1.78. The number of aromatic hydroxyl groups is 1. The number of azo groups is 1. The standard InChI is InChI=1S/C26H22ClN3O6S/c1-3-36-18-11-9-17(10-12-18)28-26(32)20-14-16-6-4-5-7-19(16)23(24(20)31)30-29-21-13-8-15(2)22(27)25(21)37(33,34)35/h4-14,31H,3H2,1-2H3,(H,28,32)(H,33,34,35). The smallest absolute Gasteiger partial charge is 0.298 e. The number of nitrogens with one attached hydrogen (secondary N) is 1. The van der Waals surface area contributed by atoms with E-state index in [0.717, 1.165) is 0 Å². The number of ether oxygens (including phenoxy) is 1. The van der Waals surface area contributed by atoms with Gasteiger partial charge in [0.15, 0.2) is 5.75 Å². The minimum Gasteiger partial charge on any atom is -0.505 e. The maximum Gasteiger partial charge on any atom is 0.298 e. The molecular formula is C26H22ClN3O6S. The number of fused-ring (bicyclic) bond motifs is 1. The largest absolute Gasteiger partial charge is 0.505 e. The number of nitrogens with zero attached hydrogens (tertiary/aromatic N) is 2. The molecule has 0 spiro atoms. The highest BCUT2D eigenvalue weighted by molar-refractivity contribution is 7.86. The van der Waals surface area contributed by atoms with Crippen molar-refractivity contribution in [1.29, 1.82) is 0 Å². The summed E-state index contributed by atoms with van der Waals surface area (Å²) in [4.78, 5) is 12.5. The van der Waals surface area contributed by atoms with Crippen molar-refractivity contribution in [3.05, 3.63) is 82.9 Å². The van der Waals surface area contributed by atoms with E-state index < -0.39 is 26.7 Å². The van der Waals surface area contributed by atoms with Crippen LogP contribution in [0.2, 0.25) is 5.02 Å². The van der Waals surface area contributed by atoms with Crippen LogP contribution in [-0.4, -0.2) is 30.6 Å². The topological polar surface area (TPSA) is 138 Å². The number of carbonyl (C=O) groups excluding carboxylic acids is 1. The van der Waals surface area contributed by atoms with Gasteiger partial charge in [0.2, 0.25) is 0 Å². The minimum absolute atomic E-state index is 0.0621. The summed E-state index contributed by atoms with van der Waals surface area (Å²) in [6.07, 6.45) is 0. The molecule has 4 rings (SSSR count). The second kappa shape index (κ2) is 10.6. The second-order valence-corrected chi connectivity index (χ2v) is 9.71. The molecule has 0 atom stereocenters. The molecule has 0 unspecified atom stereocenters. The van der Waals surface area contributed by atoms with Gasteiger partial charge >= 0.3 is 0 Å². The lowest BCUT2D eigenvalue weighted by Crippen LogP contribution is -2.12. The average molecular weight is 540 g/mol. The Morgan fingerprint density at radius 2 is 1.76 bits per heavy atom. The predicted molar refractivity (Wildman–Crippen MR) is 141 cm³/mol. The van der Waals surface area contributed by atoms with Crippen molar-refractivity contribution >= 4 is 55.5 Å². The van der Waals surface area contributed by atoms with E-state index in [4.69, 9.17) is 16.3 Å². The van der Waals surface area contributed by atoms with Crippen molar-refractivity contribution in [1.82, 2.24) is 0 Å². The van der Waals surface area contributed by atoms with E-state index in [9.17, 15) is 22.9 Å². The van der Waals surface area contributed by atoms with Gasteiger partial charge in [0.25, 0.3) is 16.0 Å². The number of halogens is 1. The Hall–Kier alpha value is -3.99. The van der Waals surface area contributed by atoms with E-state index in [-0.39, 0.29) is 22.0 Å². The molecule has 0 heterocycles. The summed E-state index contributed by atoms with van der Waals surface area (Å²) in [5.41, 5.74) is 0.531. The average Bonchev–Trinajstić information content (AvgIpc) is 2.85. The van der Waals surface area contributed by atoms with Crippen molar-refractivity contribution in [2.45, 2.75) is 18.7 Å². The monoisotopic (exact) mass is 539 g/mol. The van der Waals surface area contributed by atoms with Crippen molar-refractivity contribution in [2.75, 3.05) is 11.9 Å². The fourth-order valence-electron chi connectivity index (χ4n) is 3.66. The van der Waals surface area contributed by atoms with Gasteiger partial charge in [-0.15, -0.1) is 10.2 Å². The number of anilines is 1. The fraction of sp³-hybridized carbons (Fsp3) is 0.115. The first kappa shape index (κ1) is 26.1. The Bertz CT molecular complexity index is 1640. The van der Waals surface area contributed by atoms with E-state index in [1.165, 1.54) is 18.2 Å². The molecule has 4 aromatic carbocycles. The molecule has 9 nitrogen and oxygen atoms in total. The molecule has 0 saturated heterocycles. The number of aryl methyl sites for hydroxylation is 1. The third kappa shape index (κ3) is 5.56. The van der Waals surface area contributed by atoms with Gasteiger partial charge in [0.1, 0.15) is 22.0 Å². The normalized spacial score (nSPS) is 11.7. The molecule has 37 heavy (non-hydrogen) atoms. The minimum atomic E-state index is -4.73. The molecular weight excluding hydrogens is 518 g/mol. The van der Waals surface area contributed by atoms with E-state index in [1.54, 1.807) is 55.5 Å². The first-order chi connectivity index (χ1) is 17.6. The summed E-state index contributed by atoms with van der Waals surface area (Å²) in [7, 11) is -4.73. The summed E-state index contributed by atoms with van der Waals surface area (Å²) in [5, 5.41) is 22.6. The zero-order chi connectivity index (χ0) is 26.7. The number of hydrogen-bond donors (Lipinski definition) is 3. The van der Waals surface area contributed by atoms with Gasteiger partial charge < -0.3 is 15.2 Å². The molecule has 0 saturated carbocycles. The Kier molecular flexibility index (Phi) is 7.44. The second-order valence-electron chi connectivity index (χ2n) is 7.97. The molecule has 0 bridgehead atoms. The van der Waals surface area contributed by atoms with Crippen LogP contribution in [0, 0.1) is 6.92 Å². The van der Waals surface area contributed by atoms with Crippen LogP contribution in [-0.2, 0) is 10.1 Å². The first-order valence-electron chi connectivity index (χ1n) is 11.1. The highest BCUT2D eigenvalue weighted by Crippen LogP contribution is 2.41. The number of benzene rings is 4. The zero-order valence-corrected chi connectivity index (χ0v) is 21.3. The molecule has 0 fully saturated rings. The molecule has 0 aliphatic heterocycles. The molecule has 0 aliphatic carbocycles. The maximum absolute atomic E-state index is 13.1. The zero-order valence-electron chi connectivity index (χ0n) is 19.8. The molecule has 4 aromatic rings. The van der Waals surface area contributed by atoms with Gasteiger partial charge in [0.05, 0.1) is 17.2 Å². The Labute approximate surface area is 218 Å². The van der Waals surface area contributed by atoms with Crippen LogP contribution in [0.1, 0.15) is 22.8 Å². The summed E-state index contributed by atoms with van der Waals surface area (Å²) in [5.74, 6) is -0.407. The van der Waals surface area contributed by atoms with Crippen LogP contribution in [0.4, 0.5) is 17.1 Å². The van der Waals surface area contributed by atoms with Crippen LogP contribution in [0.5, 0.6) is 11.5 Å². The van der Waals surface area contributed by atoms with Gasteiger partial charge in [-0.3, -0.25) is 9.35 Å². The lowest BCUT2D eigenvalue weighted by atomic mass is 10.0. The number of amides is 1.